The van der Waals surface area contributed by atoms with Crippen LogP contribution in [0.1, 0.15) is 17.4 Å². The van der Waals surface area contributed by atoms with Crippen LogP contribution in [0.2, 0.25) is 0 Å². The van der Waals surface area contributed by atoms with Gasteiger partial charge in [0.25, 0.3) is 5.91 Å². The summed E-state index contributed by atoms with van der Waals surface area (Å²) in [6.45, 7) is 1.94. The Morgan fingerprint density at radius 2 is 2.37 bits per heavy atom. The zero-order valence-electron chi connectivity index (χ0n) is 11.1. The van der Waals surface area contributed by atoms with Crippen LogP contribution in [0, 0.1) is 0 Å². The van der Waals surface area contributed by atoms with E-state index in [4.69, 9.17) is 0 Å². The van der Waals surface area contributed by atoms with Gasteiger partial charge in [-0.3, -0.25) is 9.48 Å². The van der Waals surface area contributed by atoms with Crippen LogP contribution in [-0.2, 0) is 7.05 Å². The van der Waals surface area contributed by atoms with Crippen molar-refractivity contribution in [2.45, 2.75) is 13.0 Å². The molecule has 2 heterocycles. The monoisotopic (exact) mass is 280 g/mol. The summed E-state index contributed by atoms with van der Waals surface area (Å²) in [6.07, 6.45) is 3.02. The van der Waals surface area contributed by atoms with Gasteiger partial charge in [-0.1, -0.05) is 0 Å². The van der Waals surface area contributed by atoms with E-state index in [2.05, 4.69) is 10.1 Å². The molecule has 0 bridgehead atoms. The summed E-state index contributed by atoms with van der Waals surface area (Å²) in [7, 11) is 3.48. The van der Waals surface area contributed by atoms with E-state index in [1.807, 2.05) is 13.2 Å². The molecule has 0 aliphatic carbocycles. The predicted octanol–water partition coefficient (Wildman–Crippen LogP) is 0.996. The number of thiazole rings is 1. The Labute approximate surface area is 115 Å². The van der Waals surface area contributed by atoms with Crippen LogP contribution in [-0.4, -0.2) is 50.4 Å². The van der Waals surface area contributed by atoms with Crippen molar-refractivity contribution < 1.29 is 9.90 Å². The average molecular weight is 280 g/mol. The number of carbonyl (C=O) groups is 1. The van der Waals surface area contributed by atoms with E-state index in [0.717, 1.165) is 10.6 Å². The van der Waals surface area contributed by atoms with Gasteiger partial charge in [-0.05, 0) is 6.92 Å². The molecule has 2 rings (SSSR count). The predicted molar refractivity (Wildman–Crippen MR) is 73.0 cm³/mol. The molecule has 2 aromatic heterocycles. The third-order valence-corrected chi connectivity index (χ3v) is 3.45. The highest BCUT2D eigenvalue weighted by molar-refractivity contribution is 7.13. The minimum Gasteiger partial charge on any atom is -0.392 e. The molecule has 7 heteroatoms. The summed E-state index contributed by atoms with van der Waals surface area (Å²) in [5.74, 6) is -0.188. The number of aromatic nitrogens is 3. The van der Waals surface area contributed by atoms with Gasteiger partial charge < -0.3 is 10.0 Å². The maximum atomic E-state index is 12.1. The highest BCUT2D eigenvalue weighted by Gasteiger charge is 2.17. The second-order valence-electron chi connectivity index (χ2n) is 4.48. The molecule has 1 N–H and O–H groups in total. The van der Waals surface area contributed by atoms with Crippen molar-refractivity contribution in [3.8, 4) is 10.6 Å². The molecule has 1 amide bonds. The molecule has 2 aromatic rings. The number of likely N-dealkylation sites (N-methyl/N-ethyl adjacent to an activating group) is 1. The van der Waals surface area contributed by atoms with Crippen LogP contribution in [0.15, 0.2) is 17.8 Å². The number of nitrogens with zero attached hydrogens (tertiary/aromatic N) is 4. The Morgan fingerprint density at radius 3 is 2.95 bits per heavy atom. The second kappa shape index (κ2) is 5.50. The summed E-state index contributed by atoms with van der Waals surface area (Å²) in [4.78, 5) is 17.8. The van der Waals surface area contributed by atoms with Crippen molar-refractivity contribution in [2.24, 2.45) is 7.05 Å². The maximum absolute atomic E-state index is 12.1. The lowest BCUT2D eigenvalue weighted by Gasteiger charge is -2.17. The fraction of sp³-hybridized carbons (Fsp3) is 0.417. The van der Waals surface area contributed by atoms with E-state index >= 15 is 0 Å². The van der Waals surface area contributed by atoms with Crippen molar-refractivity contribution in [2.75, 3.05) is 13.6 Å². The molecule has 19 heavy (non-hydrogen) atoms. The van der Waals surface area contributed by atoms with Crippen LogP contribution in [0.4, 0.5) is 0 Å². The first kappa shape index (κ1) is 13.7. The topological polar surface area (TPSA) is 71.2 Å². The van der Waals surface area contributed by atoms with E-state index in [9.17, 15) is 9.90 Å². The van der Waals surface area contributed by atoms with E-state index in [0.29, 0.717) is 12.2 Å². The molecule has 6 nitrogen and oxygen atoms in total. The fourth-order valence-electron chi connectivity index (χ4n) is 1.71. The lowest BCUT2D eigenvalue weighted by atomic mass is 10.3. The van der Waals surface area contributed by atoms with Crippen LogP contribution in [0.5, 0.6) is 0 Å². The highest BCUT2D eigenvalue weighted by Crippen LogP contribution is 2.23. The van der Waals surface area contributed by atoms with Gasteiger partial charge in [-0.15, -0.1) is 11.3 Å². The number of aliphatic hydroxyl groups excluding tert-OH is 1. The lowest BCUT2D eigenvalue weighted by molar-refractivity contribution is 0.0699. The standard InChI is InChI=1S/C12H16N4O2S/c1-8(17)5-15(2)12(18)10-7-19-11(14-10)9-4-13-16(3)6-9/h4,6-8,17H,5H2,1-3H3. The molecule has 0 aliphatic rings. The van der Waals surface area contributed by atoms with Crippen molar-refractivity contribution in [1.29, 1.82) is 0 Å². The Kier molecular flexibility index (Phi) is 3.96. The van der Waals surface area contributed by atoms with Crippen LogP contribution < -0.4 is 0 Å². The molecule has 1 unspecified atom stereocenters. The summed E-state index contributed by atoms with van der Waals surface area (Å²) >= 11 is 1.41. The second-order valence-corrected chi connectivity index (χ2v) is 5.33. The number of carbonyl (C=O) groups excluding carboxylic acids is 1. The van der Waals surface area contributed by atoms with E-state index in [-0.39, 0.29) is 5.91 Å². The Balaban J connectivity index is 2.15. The van der Waals surface area contributed by atoms with Crippen molar-refractivity contribution in [3.63, 3.8) is 0 Å². The first-order valence-corrected chi connectivity index (χ1v) is 6.73. The third-order valence-electron chi connectivity index (χ3n) is 2.56. The molecule has 1 atom stereocenters. The van der Waals surface area contributed by atoms with Gasteiger partial charge in [0, 0.05) is 37.8 Å². The van der Waals surface area contributed by atoms with Crippen LogP contribution in [0.25, 0.3) is 10.6 Å². The first-order valence-electron chi connectivity index (χ1n) is 5.85. The van der Waals surface area contributed by atoms with Gasteiger partial charge in [0.1, 0.15) is 10.7 Å². The molecular formula is C12H16N4O2S. The Hall–Kier alpha value is -1.73. The van der Waals surface area contributed by atoms with Gasteiger partial charge in [0.05, 0.1) is 12.3 Å². The SMILES string of the molecule is CC(O)CN(C)C(=O)c1csc(-c2cnn(C)c2)n1. The average Bonchev–Trinajstić information content (AvgIpc) is 2.95. The van der Waals surface area contributed by atoms with Crippen molar-refractivity contribution in [1.82, 2.24) is 19.7 Å². The van der Waals surface area contributed by atoms with Gasteiger partial charge in [0.2, 0.25) is 0 Å². The van der Waals surface area contributed by atoms with Gasteiger partial charge in [-0.25, -0.2) is 4.98 Å². The van der Waals surface area contributed by atoms with E-state index in [1.165, 1.54) is 16.2 Å². The number of rotatable bonds is 4. The lowest BCUT2D eigenvalue weighted by Crippen LogP contribution is -2.33. The fourth-order valence-corrected chi connectivity index (χ4v) is 2.48. The Morgan fingerprint density at radius 1 is 1.63 bits per heavy atom. The van der Waals surface area contributed by atoms with Crippen LogP contribution >= 0.6 is 11.3 Å². The molecule has 0 aliphatic heterocycles. The quantitative estimate of drug-likeness (QED) is 0.907. The minimum atomic E-state index is -0.551. The molecule has 0 saturated carbocycles. The third kappa shape index (κ3) is 3.18. The largest absolute Gasteiger partial charge is 0.392 e. The first-order chi connectivity index (χ1) is 8.97. The van der Waals surface area contributed by atoms with E-state index < -0.39 is 6.10 Å². The Bertz CT molecular complexity index is 576. The molecule has 0 aromatic carbocycles. The normalized spacial score (nSPS) is 12.4. The molecule has 102 valence electrons. The molecular weight excluding hydrogens is 264 g/mol. The van der Waals surface area contributed by atoms with Crippen molar-refractivity contribution in [3.05, 3.63) is 23.5 Å². The maximum Gasteiger partial charge on any atom is 0.273 e. The molecule has 0 fully saturated rings. The smallest absolute Gasteiger partial charge is 0.273 e. The number of aliphatic hydroxyl groups is 1. The number of hydrogen-bond acceptors (Lipinski definition) is 5. The van der Waals surface area contributed by atoms with Crippen LogP contribution in [0.3, 0.4) is 0 Å². The summed E-state index contributed by atoms with van der Waals surface area (Å²) in [5, 5.41) is 15.8. The number of aryl methyl sites for hydroxylation is 1. The van der Waals surface area contributed by atoms with Gasteiger partial charge in [-0.2, -0.15) is 5.10 Å². The van der Waals surface area contributed by atoms with Gasteiger partial charge in [0.15, 0.2) is 0 Å². The summed E-state index contributed by atoms with van der Waals surface area (Å²) < 4.78 is 1.69. The zero-order chi connectivity index (χ0) is 14.0. The molecule has 0 spiro atoms. The highest BCUT2D eigenvalue weighted by atomic mass is 32.1. The van der Waals surface area contributed by atoms with Crippen molar-refractivity contribution >= 4 is 17.2 Å². The summed E-state index contributed by atoms with van der Waals surface area (Å²) in [6, 6.07) is 0. The minimum absolute atomic E-state index is 0.188. The number of amides is 1. The summed E-state index contributed by atoms with van der Waals surface area (Å²) in [5.41, 5.74) is 1.29. The molecule has 0 saturated heterocycles. The van der Waals surface area contributed by atoms with E-state index in [1.54, 1.807) is 30.2 Å². The molecule has 0 radical (unpaired) electrons. The zero-order valence-corrected chi connectivity index (χ0v) is 11.9. The van der Waals surface area contributed by atoms with Gasteiger partial charge >= 0.3 is 0 Å². The number of hydrogen-bond donors (Lipinski definition) is 1.